The number of rotatable bonds is 5. The van der Waals surface area contributed by atoms with Crippen LogP contribution in [0.1, 0.15) is 51.4 Å². The van der Waals surface area contributed by atoms with Crippen LogP contribution in [0.3, 0.4) is 0 Å². The van der Waals surface area contributed by atoms with E-state index in [-0.39, 0.29) is 23.8 Å². The molecule has 0 aliphatic carbocycles. The third kappa shape index (κ3) is 4.18. The van der Waals surface area contributed by atoms with Crippen molar-refractivity contribution in [1.29, 1.82) is 0 Å². The molecule has 1 fully saturated rings. The molecule has 2 aromatic carbocycles. The molecule has 4 rings (SSSR count). The SMILES string of the molecule is CNC(=O)c1ccc(C(F)c2cccc3[nH]cc(C(=O)NC4CCOCC4C)c23)cc1. The number of benzene rings is 2. The Bertz CT molecular complexity index is 1090. The third-order valence-electron chi connectivity index (χ3n) is 5.91. The third-order valence-corrected chi connectivity index (χ3v) is 5.91. The Hall–Kier alpha value is -3.19. The number of fused-ring (bicyclic) bond motifs is 1. The molecule has 2 amide bonds. The van der Waals surface area contributed by atoms with Gasteiger partial charge in [-0.05, 0) is 36.1 Å². The van der Waals surface area contributed by atoms with Gasteiger partial charge in [0.05, 0.1) is 12.2 Å². The first-order chi connectivity index (χ1) is 15.0. The first-order valence-electron chi connectivity index (χ1n) is 10.4. The quantitative estimate of drug-likeness (QED) is 0.585. The molecule has 7 heteroatoms. The standard InChI is InChI=1S/C24H26FN3O3/c1-14-13-31-11-10-19(14)28-24(30)18-12-27-20-5-3-4-17(21(18)20)22(25)15-6-8-16(9-7-15)23(29)26-2/h3-9,12,14,19,22,27H,10-11,13H2,1-2H3,(H,26,29)(H,28,30). The van der Waals surface area contributed by atoms with Gasteiger partial charge in [-0.2, -0.15) is 0 Å². The van der Waals surface area contributed by atoms with Crippen molar-refractivity contribution in [3.05, 3.63) is 70.9 Å². The maximum Gasteiger partial charge on any atom is 0.253 e. The molecule has 3 N–H and O–H groups in total. The molecule has 3 atom stereocenters. The maximum absolute atomic E-state index is 15.6. The minimum Gasteiger partial charge on any atom is -0.381 e. The van der Waals surface area contributed by atoms with Crippen molar-refractivity contribution in [3.8, 4) is 0 Å². The number of amides is 2. The van der Waals surface area contributed by atoms with E-state index < -0.39 is 6.17 Å². The van der Waals surface area contributed by atoms with E-state index in [1.54, 1.807) is 49.6 Å². The minimum absolute atomic E-state index is 0.0248. The van der Waals surface area contributed by atoms with Gasteiger partial charge in [0.2, 0.25) is 0 Å². The molecule has 1 aliphatic heterocycles. The van der Waals surface area contributed by atoms with Crippen LogP contribution in [0.15, 0.2) is 48.7 Å². The van der Waals surface area contributed by atoms with Crippen molar-refractivity contribution in [1.82, 2.24) is 15.6 Å². The largest absolute Gasteiger partial charge is 0.381 e. The van der Waals surface area contributed by atoms with Gasteiger partial charge in [-0.15, -0.1) is 0 Å². The van der Waals surface area contributed by atoms with Crippen molar-refractivity contribution in [3.63, 3.8) is 0 Å². The Kier molecular flexibility index (Phi) is 6.04. The molecule has 162 valence electrons. The van der Waals surface area contributed by atoms with Gasteiger partial charge >= 0.3 is 0 Å². The first-order valence-corrected chi connectivity index (χ1v) is 10.4. The molecule has 31 heavy (non-hydrogen) atoms. The molecular weight excluding hydrogens is 397 g/mol. The normalized spacial score (nSPS) is 19.7. The number of carbonyl (C=O) groups is 2. The number of aromatic amines is 1. The molecule has 0 bridgehead atoms. The van der Waals surface area contributed by atoms with Crippen molar-refractivity contribution >= 4 is 22.7 Å². The van der Waals surface area contributed by atoms with Gasteiger partial charge in [0.15, 0.2) is 6.17 Å². The van der Waals surface area contributed by atoms with Crippen molar-refractivity contribution < 1.29 is 18.7 Å². The smallest absolute Gasteiger partial charge is 0.253 e. The number of ether oxygens (including phenoxy) is 1. The van der Waals surface area contributed by atoms with E-state index in [2.05, 4.69) is 15.6 Å². The Morgan fingerprint density at radius 2 is 1.94 bits per heavy atom. The molecule has 1 aromatic heterocycles. The molecule has 2 heterocycles. The summed E-state index contributed by atoms with van der Waals surface area (Å²) in [5, 5.41) is 6.21. The highest BCUT2D eigenvalue weighted by atomic mass is 19.1. The molecule has 0 spiro atoms. The lowest BCUT2D eigenvalue weighted by Gasteiger charge is -2.29. The van der Waals surface area contributed by atoms with Gasteiger partial charge < -0.3 is 20.4 Å². The van der Waals surface area contributed by atoms with E-state index in [0.29, 0.717) is 46.4 Å². The molecule has 3 aromatic rings. The Labute approximate surface area is 180 Å². The van der Waals surface area contributed by atoms with Crippen molar-refractivity contribution in [2.45, 2.75) is 25.6 Å². The zero-order valence-corrected chi connectivity index (χ0v) is 17.6. The zero-order chi connectivity index (χ0) is 22.0. The van der Waals surface area contributed by atoms with Gasteiger partial charge in [-0.25, -0.2) is 4.39 Å². The average Bonchev–Trinajstić information content (AvgIpc) is 3.24. The molecule has 3 unspecified atom stereocenters. The van der Waals surface area contributed by atoms with Crippen LogP contribution in [0.25, 0.3) is 10.9 Å². The topological polar surface area (TPSA) is 83.2 Å². The monoisotopic (exact) mass is 423 g/mol. The number of hydrogen-bond acceptors (Lipinski definition) is 3. The predicted molar refractivity (Wildman–Crippen MR) is 117 cm³/mol. The van der Waals surface area contributed by atoms with Crippen molar-refractivity contribution in [2.75, 3.05) is 20.3 Å². The fourth-order valence-electron chi connectivity index (χ4n) is 4.07. The molecule has 0 radical (unpaired) electrons. The van der Waals surface area contributed by atoms with Gasteiger partial charge in [-0.3, -0.25) is 9.59 Å². The Morgan fingerprint density at radius 1 is 1.16 bits per heavy atom. The number of hydrogen-bond donors (Lipinski definition) is 3. The fourth-order valence-corrected chi connectivity index (χ4v) is 4.07. The number of nitrogens with one attached hydrogen (secondary N) is 3. The molecule has 1 aliphatic rings. The second-order valence-electron chi connectivity index (χ2n) is 7.96. The Morgan fingerprint density at radius 3 is 2.65 bits per heavy atom. The second kappa shape index (κ2) is 8.89. The number of carbonyl (C=O) groups excluding carboxylic acids is 2. The predicted octanol–water partition coefficient (Wildman–Crippen LogP) is 3.74. The van der Waals surface area contributed by atoms with E-state index in [9.17, 15) is 9.59 Å². The lowest BCUT2D eigenvalue weighted by Crippen LogP contribution is -2.44. The van der Waals surface area contributed by atoms with E-state index in [0.717, 1.165) is 6.42 Å². The lowest BCUT2D eigenvalue weighted by molar-refractivity contribution is 0.0375. The van der Waals surface area contributed by atoms with Crippen LogP contribution in [-0.2, 0) is 4.74 Å². The summed E-state index contributed by atoms with van der Waals surface area (Å²) < 4.78 is 21.0. The zero-order valence-electron chi connectivity index (χ0n) is 17.6. The number of aromatic nitrogens is 1. The molecule has 6 nitrogen and oxygen atoms in total. The van der Waals surface area contributed by atoms with Crippen LogP contribution in [0, 0.1) is 5.92 Å². The lowest BCUT2D eigenvalue weighted by atomic mass is 9.95. The minimum atomic E-state index is -1.44. The molecular formula is C24H26FN3O3. The highest BCUT2D eigenvalue weighted by molar-refractivity contribution is 6.08. The summed E-state index contributed by atoms with van der Waals surface area (Å²) in [6.45, 7) is 3.28. The van der Waals surface area contributed by atoms with Crippen LogP contribution < -0.4 is 10.6 Å². The summed E-state index contributed by atoms with van der Waals surface area (Å²) in [5.74, 6) is -0.231. The average molecular weight is 423 g/mol. The Balaban J connectivity index is 1.65. The summed E-state index contributed by atoms with van der Waals surface area (Å²) in [5.41, 5.74) is 2.42. The van der Waals surface area contributed by atoms with E-state index in [4.69, 9.17) is 4.74 Å². The van der Waals surface area contributed by atoms with Crippen molar-refractivity contribution in [2.24, 2.45) is 5.92 Å². The first kappa shape index (κ1) is 21.1. The maximum atomic E-state index is 15.6. The van der Waals surface area contributed by atoms with E-state index in [1.807, 2.05) is 13.0 Å². The summed E-state index contributed by atoms with van der Waals surface area (Å²) in [7, 11) is 1.55. The number of halogens is 1. The summed E-state index contributed by atoms with van der Waals surface area (Å²) in [6, 6.07) is 11.7. The van der Waals surface area contributed by atoms with Gasteiger partial charge in [0.25, 0.3) is 11.8 Å². The summed E-state index contributed by atoms with van der Waals surface area (Å²) in [4.78, 5) is 27.9. The summed E-state index contributed by atoms with van der Waals surface area (Å²) >= 11 is 0. The van der Waals surface area contributed by atoms with Crippen LogP contribution >= 0.6 is 0 Å². The number of H-pyrrole nitrogens is 1. The van der Waals surface area contributed by atoms with Gasteiger partial charge in [0, 0.05) is 47.9 Å². The highest BCUT2D eigenvalue weighted by Gasteiger charge is 2.26. The second-order valence-corrected chi connectivity index (χ2v) is 7.96. The van der Waals surface area contributed by atoms with Crippen LogP contribution in [0.4, 0.5) is 4.39 Å². The highest BCUT2D eigenvalue weighted by Crippen LogP contribution is 2.34. The van der Waals surface area contributed by atoms with Crippen LogP contribution in [-0.4, -0.2) is 43.1 Å². The van der Waals surface area contributed by atoms with Crippen LogP contribution in [0.2, 0.25) is 0 Å². The number of alkyl halides is 1. The van der Waals surface area contributed by atoms with Gasteiger partial charge in [0.1, 0.15) is 0 Å². The van der Waals surface area contributed by atoms with Crippen LogP contribution in [0.5, 0.6) is 0 Å². The van der Waals surface area contributed by atoms with Gasteiger partial charge in [-0.1, -0.05) is 31.2 Å². The van der Waals surface area contributed by atoms with E-state index >= 15 is 4.39 Å². The molecule has 0 saturated carbocycles. The fraction of sp³-hybridized carbons (Fsp3) is 0.333. The summed E-state index contributed by atoms with van der Waals surface area (Å²) in [6.07, 6.45) is 0.951. The van der Waals surface area contributed by atoms with E-state index in [1.165, 1.54) is 0 Å². The molecule has 1 saturated heterocycles.